The van der Waals surface area contributed by atoms with Crippen molar-refractivity contribution in [1.82, 2.24) is 4.90 Å². The lowest BCUT2D eigenvalue weighted by atomic mass is 9.75. The fourth-order valence-corrected chi connectivity index (χ4v) is 3.12. The van der Waals surface area contributed by atoms with E-state index < -0.39 is 6.10 Å². The van der Waals surface area contributed by atoms with E-state index in [1.807, 2.05) is 11.9 Å². The largest absolute Gasteiger partial charge is 0.389 e. The molecule has 4 heteroatoms. The van der Waals surface area contributed by atoms with Crippen molar-refractivity contribution in [3.63, 3.8) is 0 Å². The number of para-hydroxylation sites is 1. The number of hydrogen-bond acceptors (Lipinski definition) is 3. The minimum atomic E-state index is -0.667. The summed E-state index contributed by atoms with van der Waals surface area (Å²) in [5, 5.41) is 9.85. The molecular weight excluding hydrogens is 255 g/mol. The van der Waals surface area contributed by atoms with Gasteiger partial charge in [-0.05, 0) is 46.3 Å². The smallest absolute Gasteiger partial charge is 0.146 e. The van der Waals surface area contributed by atoms with Crippen LogP contribution in [0.5, 0.6) is 0 Å². The molecule has 2 rings (SSSR count). The van der Waals surface area contributed by atoms with Crippen molar-refractivity contribution >= 4 is 5.69 Å². The van der Waals surface area contributed by atoms with Crippen LogP contribution in [0.25, 0.3) is 0 Å². The lowest BCUT2D eigenvalue weighted by molar-refractivity contribution is 0.0680. The van der Waals surface area contributed by atoms with Crippen LogP contribution in [0.4, 0.5) is 10.1 Å². The molecule has 1 atom stereocenters. The fourth-order valence-electron chi connectivity index (χ4n) is 3.12. The number of aliphatic hydroxyl groups is 1. The van der Waals surface area contributed by atoms with Crippen LogP contribution in [0, 0.1) is 5.82 Å². The van der Waals surface area contributed by atoms with Gasteiger partial charge in [-0.1, -0.05) is 12.1 Å². The predicted octanol–water partition coefficient (Wildman–Crippen LogP) is 2.80. The van der Waals surface area contributed by atoms with E-state index in [2.05, 4.69) is 19.0 Å². The fraction of sp³-hybridized carbons (Fsp3) is 0.625. The highest BCUT2D eigenvalue weighted by Crippen LogP contribution is 2.38. The molecule has 3 nitrogen and oxygen atoms in total. The van der Waals surface area contributed by atoms with Crippen LogP contribution in [0.2, 0.25) is 0 Å². The van der Waals surface area contributed by atoms with E-state index in [-0.39, 0.29) is 11.4 Å². The number of halogens is 1. The molecular formula is C16H25FN2O. The minimum absolute atomic E-state index is 0.132. The molecule has 20 heavy (non-hydrogen) atoms. The average molecular weight is 280 g/mol. The average Bonchev–Trinajstić information content (AvgIpc) is 2.32. The first-order valence-electron chi connectivity index (χ1n) is 7.22. The number of hydrogen-bond donors (Lipinski definition) is 1. The van der Waals surface area contributed by atoms with Crippen molar-refractivity contribution in [3.8, 4) is 0 Å². The quantitative estimate of drug-likeness (QED) is 0.898. The summed E-state index contributed by atoms with van der Waals surface area (Å²) in [5.41, 5.74) is 1.31. The predicted molar refractivity (Wildman–Crippen MR) is 80.6 cm³/mol. The molecule has 112 valence electrons. The molecule has 1 fully saturated rings. The molecule has 1 aromatic rings. The normalized spacial score (nSPS) is 18.8. The summed E-state index contributed by atoms with van der Waals surface area (Å²) in [6, 6.07) is 4.91. The Balaban J connectivity index is 2.27. The van der Waals surface area contributed by atoms with Gasteiger partial charge in [0.25, 0.3) is 0 Å². The van der Waals surface area contributed by atoms with E-state index in [0.717, 1.165) is 19.4 Å². The molecule has 0 bridgehead atoms. The third-order valence-corrected chi connectivity index (χ3v) is 4.61. The highest BCUT2D eigenvalue weighted by atomic mass is 19.1. The number of rotatable bonds is 5. The summed E-state index contributed by atoms with van der Waals surface area (Å²) >= 11 is 0. The molecule has 0 spiro atoms. The molecule has 1 saturated carbocycles. The van der Waals surface area contributed by atoms with Crippen LogP contribution in [0.15, 0.2) is 18.2 Å². The van der Waals surface area contributed by atoms with Gasteiger partial charge < -0.3 is 14.9 Å². The Hall–Kier alpha value is -1.13. The maximum atomic E-state index is 14.2. The molecule has 0 aliphatic heterocycles. The summed E-state index contributed by atoms with van der Waals surface area (Å²) in [4.78, 5) is 4.20. The monoisotopic (exact) mass is 280 g/mol. The van der Waals surface area contributed by atoms with E-state index >= 15 is 0 Å². The molecule has 0 saturated heterocycles. The van der Waals surface area contributed by atoms with Crippen LogP contribution >= 0.6 is 0 Å². The number of anilines is 1. The molecule has 0 unspecified atom stereocenters. The van der Waals surface area contributed by atoms with Crippen molar-refractivity contribution in [1.29, 1.82) is 0 Å². The van der Waals surface area contributed by atoms with Gasteiger partial charge >= 0.3 is 0 Å². The van der Waals surface area contributed by atoms with E-state index in [4.69, 9.17) is 0 Å². The molecule has 0 radical (unpaired) electrons. The van der Waals surface area contributed by atoms with Crippen molar-refractivity contribution in [2.24, 2.45) is 0 Å². The van der Waals surface area contributed by atoms with E-state index in [9.17, 15) is 9.50 Å². The first-order valence-corrected chi connectivity index (χ1v) is 7.22. The Morgan fingerprint density at radius 2 is 1.95 bits per heavy atom. The minimum Gasteiger partial charge on any atom is -0.389 e. The van der Waals surface area contributed by atoms with Gasteiger partial charge in [0.05, 0.1) is 11.8 Å². The topological polar surface area (TPSA) is 26.7 Å². The third-order valence-electron chi connectivity index (χ3n) is 4.61. The van der Waals surface area contributed by atoms with Gasteiger partial charge in [-0.15, -0.1) is 0 Å². The molecule has 1 N–H and O–H groups in total. The molecule has 0 amide bonds. The lowest BCUT2D eigenvalue weighted by Crippen LogP contribution is -2.57. The number of benzene rings is 1. The van der Waals surface area contributed by atoms with Crippen LogP contribution < -0.4 is 4.90 Å². The maximum Gasteiger partial charge on any atom is 0.146 e. The molecule has 0 heterocycles. The van der Waals surface area contributed by atoms with Crippen molar-refractivity contribution < 1.29 is 9.50 Å². The Labute approximate surface area is 121 Å². The first kappa shape index (κ1) is 15.3. The van der Waals surface area contributed by atoms with Gasteiger partial charge in [-0.2, -0.15) is 0 Å². The molecule has 0 aromatic heterocycles. The maximum absolute atomic E-state index is 14.2. The van der Waals surface area contributed by atoms with Crippen molar-refractivity contribution in [2.45, 2.75) is 37.8 Å². The summed E-state index contributed by atoms with van der Waals surface area (Å²) < 4.78 is 14.2. The van der Waals surface area contributed by atoms with E-state index in [1.54, 1.807) is 19.1 Å². The zero-order valence-electron chi connectivity index (χ0n) is 12.9. The third kappa shape index (κ3) is 2.67. The van der Waals surface area contributed by atoms with E-state index in [1.165, 1.54) is 12.5 Å². The van der Waals surface area contributed by atoms with Crippen LogP contribution in [0.1, 0.15) is 37.9 Å². The van der Waals surface area contributed by atoms with Crippen LogP contribution in [-0.2, 0) is 0 Å². The highest BCUT2D eigenvalue weighted by molar-refractivity contribution is 5.55. The Morgan fingerprint density at radius 1 is 1.30 bits per heavy atom. The van der Waals surface area contributed by atoms with Gasteiger partial charge in [0.2, 0.25) is 0 Å². The van der Waals surface area contributed by atoms with Gasteiger partial charge in [0.1, 0.15) is 5.82 Å². The molecule has 1 aliphatic rings. The highest BCUT2D eigenvalue weighted by Gasteiger charge is 2.40. The number of aliphatic hydroxyl groups excluding tert-OH is 1. The lowest BCUT2D eigenvalue weighted by Gasteiger charge is -2.49. The standard InChI is InChI=1S/C16H25FN2O/c1-12(20)13-7-5-8-14(17)15(13)19(4)11-16(18(2)3)9-6-10-16/h5,7-8,12,20H,6,9-11H2,1-4H3/t12-/m0/s1. The Kier molecular flexibility index (Phi) is 4.35. The number of nitrogens with zero attached hydrogens (tertiary/aromatic N) is 2. The molecule has 1 aromatic carbocycles. The van der Waals surface area contributed by atoms with Gasteiger partial charge in [-0.3, -0.25) is 0 Å². The van der Waals surface area contributed by atoms with Crippen molar-refractivity contribution in [2.75, 3.05) is 32.6 Å². The Morgan fingerprint density at radius 3 is 2.40 bits per heavy atom. The Bertz CT molecular complexity index is 470. The summed E-state index contributed by atoms with van der Waals surface area (Å²) in [6.07, 6.45) is 2.85. The van der Waals surface area contributed by atoms with Crippen LogP contribution in [-0.4, -0.2) is 43.2 Å². The summed E-state index contributed by atoms with van der Waals surface area (Å²) in [5.74, 6) is -0.265. The zero-order chi connectivity index (χ0) is 14.9. The van der Waals surface area contributed by atoms with Gasteiger partial charge in [0.15, 0.2) is 0 Å². The van der Waals surface area contributed by atoms with Gasteiger partial charge in [-0.25, -0.2) is 4.39 Å². The second kappa shape index (κ2) is 5.70. The zero-order valence-corrected chi connectivity index (χ0v) is 12.9. The summed E-state index contributed by atoms with van der Waals surface area (Å²) in [6.45, 7) is 2.46. The van der Waals surface area contributed by atoms with Gasteiger partial charge in [0, 0.05) is 24.7 Å². The van der Waals surface area contributed by atoms with Crippen molar-refractivity contribution in [3.05, 3.63) is 29.6 Å². The first-order chi connectivity index (χ1) is 9.37. The summed E-state index contributed by atoms with van der Waals surface area (Å²) in [7, 11) is 6.09. The second-order valence-corrected chi connectivity index (χ2v) is 6.18. The number of likely N-dealkylation sites (N-methyl/N-ethyl adjacent to an activating group) is 2. The SMILES string of the molecule is C[C@H](O)c1cccc(F)c1N(C)CC1(N(C)C)CCC1. The van der Waals surface area contributed by atoms with E-state index in [0.29, 0.717) is 11.3 Å². The second-order valence-electron chi connectivity index (χ2n) is 6.18. The van der Waals surface area contributed by atoms with Crippen LogP contribution in [0.3, 0.4) is 0 Å². The molecule has 1 aliphatic carbocycles.